The predicted octanol–water partition coefficient (Wildman–Crippen LogP) is 1.81. The van der Waals surface area contributed by atoms with Crippen LogP contribution in [0.5, 0.6) is 0 Å². The number of nitrogens with zero attached hydrogens (tertiary/aromatic N) is 1. The average molecular weight is 305 g/mol. The van der Waals surface area contributed by atoms with Gasteiger partial charge < -0.3 is 5.32 Å². The molecule has 0 fully saturated rings. The molecule has 0 unspecified atom stereocenters. The van der Waals surface area contributed by atoms with Crippen molar-refractivity contribution >= 4 is 33.2 Å². The molecule has 5 nitrogen and oxygen atoms in total. The zero-order valence-electron chi connectivity index (χ0n) is 11.3. The van der Waals surface area contributed by atoms with E-state index in [1.807, 2.05) is 0 Å². The maximum atomic E-state index is 12.0. The molecule has 0 saturated carbocycles. The van der Waals surface area contributed by atoms with Gasteiger partial charge in [-0.2, -0.15) is 0 Å². The maximum Gasteiger partial charge on any atom is 0.242 e. The maximum absolute atomic E-state index is 12.0. The van der Waals surface area contributed by atoms with Crippen molar-refractivity contribution < 1.29 is 13.2 Å². The Morgan fingerprint density at radius 2 is 1.95 bits per heavy atom. The first-order chi connectivity index (χ1) is 8.66. The summed E-state index contributed by atoms with van der Waals surface area (Å²) in [5.74, 6) is -0.371. The van der Waals surface area contributed by atoms with E-state index >= 15 is 0 Å². The first-order valence-electron chi connectivity index (χ1n) is 5.64. The van der Waals surface area contributed by atoms with Crippen molar-refractivity contribution in [1.29, 1.82) is 0 Å². The van der Waals surface area contributed by atoms with Gasteiger partial charge in [-0.05, 0) is 31.5 Å². The molecule has 0 aliphatic heterocycles. The molecule has 7 heteroatoms. The van der Waals surface area contributed by atoms with Crippen LogP contribution in [0.25, 0.3) is 0 Å². The van der Waals surface area contributed by atoms with Crippen molar-refractivity contribution in [2.45, 2.75) is 24.1 Å². The zero-order valence-corrected chi connectivity index (χ0v) is 12.8. The van der Waals surface area contributed by atoms with Crippen LogP contribution in [0.15, 0.2) is 23.1 Å². The summed E-state index contributed by atoms with van der Waals surface area (Å²) in [6, 6.07) is 4.58. The van der Waals surface area contributed by atoms with Crippen LogP contribution in [0.2, 0.25) is 0 Å². The Balaban J connectivity index is 3.19. The molecular formula is C12H17ClN2O3S. The number of hydrogen-bond donors (Lipinski definition) is 1. The summed E-state index contributed by atoms with van der Waals surface area (Å²) in [6.07, 6.45) is 0. The van der Waals surface area contributed by atoms with E-state index in [4.69, 9.17) is 11.6 Å². The van der Waals surface area contributed by atoms with Crippen molar-refractivity contribution in [1.82, 2.24) is 4.31 Å². The monoisotopic (exact) mass is 304 g/mol. The molecular weight excluding hydrogens is 288 g/mol. The van der Waals surface area contributed by atoms with Gasteiger partial charge in [-0.25, -0.2) is 12.7 Å². The van der Waals surface area contributed by atoms with Crippen LogP contribution in [0, 0.1) is 6.92 Å². The highest BCUT2D eigenvalue weighted by atomic mass is 35.5. The lowest BCUT2D eigenvalue weighted by molar-refractivity contribution is -0.115. The molecule has 0 saturated heterocycles. The summed E-state index contributed by atoms with van der Waals surface area (Å²) >= 11 is 5.67. The summed E-state index contributed by atoms with van der Waals surface area (Å²) in [7, 11) is -0.618. The summed E-state index contributed by atoms with van der Waals surface area (Å²) < 4.78 is 25.1. The molecule has 1 N–H and O–H groups in total. The van der Waals surface area contributed by atoms with Crippen LogP contribution in [0.4, 0.5) is 5.69 Å². The van der Waals surface area contributed by atoms with Crippen molar-refractivity contribution in [3.8, 4) is 0 Å². The van der Waals surface area contributed by atoms with E-state index in [0.29, 0.717) is 5.69 Å². The number of amides is 1. The van der Waals surface area contributed by atoms with E-state index in [9.17, 15) is 13.2 Å². The quantitative estimate of drug-likeness (QED) is 0.863. The first-order valence-corrected chi connectivity index (χ1v) is 7.52. The molecule has 0 spiro atoms. The third-order valence-electron chi connectivity index (χ3n) is 2.61. The van der Waals surface area contributed by atoms with E-state index in [1.165, 1.54) is 26.2 Å². The summed E-state index contributed by atoms with van der Waals surface area (Å²) in [6.45, 7) is 3.33. The van der Waals surface area contributed by atoms with E-state index in [1.54, 1.807) is 19.9 Å². The van der Waals surface area contributed by atoms with Crippen LogP contribution in [-0.4, -0.2) is 38.1 Å². The standard InChI is InChI=1S/C12H17ClN2O3S/c1-8-5-6-10(19(17,18)15(3)4)7-11(8)14-12(16)9(2)13/h5-7,9H,1-4H3,(H,14,16)/t9-/m0/s1. The van der Waals surface area contributed by atoms with Gasteiger partial charge >= 0.3 is 0 Å². The Morgan fingerprint density at radius 3 is 2.42 bits per heavy atom. The fourth-order valence-electron chi connectivity index (χ4n) is 1.34. The third-order valence-corrected chi connectivity index (χ3v) is 4.62. The van der Waals surface area contributed by atoms with Gasteiger partial charge in [-0.15, -0.1) is 11.6 Å². The second-order valence-corrected chi connectivity index (χ2v) is 7.18. The molecule has 19 heavy (non-hydrogen) atoms. The van der Waals surface area contributed by atoms with Crippen molar-refractivity contribution in [3.63, 3.8) is 0 Å². The molecule has 0 radical (unpaired) electrons. The lowest BCUT2D eigenvalue weighted by atomic mass is 10.2. The number of carbonyl (C=O) groups excluding carboxylic acids is 1. The minimum absolute atomic E-state index is 0.126. The minimum atomic E-state index is -3.52. The van der Waals surface area contributed by atoms with Gasteiger partial charge in [-0.1, -0.05) is 6.07 Å². The normalized spacial score (nSPS) is 13.4. The molecule has 1 amide bonds. The Morgan fingerprint density at radius 1 is 1.37 bits per heavy atom. The molecule has 106 valence electrons. The van der Waals surface area contributed by atoms with Crippen molar-refractivity contribution in [2.75, 3.05) is 19.4 Å². The number of carbonyl (C=O) groups is 1. The third kappa shape index (κ3) is 3.68. The lowest BCUT2D eigenvalue weighted by Gasteiger charge is -2.14. The molecule has 1 aromatic rings. The topological polar surface area (TPSA) is 66.5 Å². The summed E-state index contributed by atoms with van der Waals surface area (Å²) in [5.41, 5.74) is 1.21. The number of benzene rings is 1. The van der Waals surface area contributed by atoms with Crippen LogP contribution in [0.3, 0.4) is 0 Å². The number of rotatable bonds is 4. The molecule has 0 bridgehead atoms. The number of alkyl halides is 1. The van der Waals surface area contributed by atoms with Crippen LogP contribution in [-0.2, 0) is 14.8 Å². The lowest BCUT2D eigenvalue weighted by Crippen LogP contribution is -2.23. The summed E-state index contributed by atoms with van der Waals surface area (Å²) in [5, 5.41) is 1.92. The highest BCUT2D eigenvalue weighted by molar-refractivity contribution is 7.89. The van der Waals surface area contributed by atoms with Gasteiger partial charge in [0, 0.05) is 19.8 Å². The molecule has 0 aromatic heterocycles. The van der Waals surface area contributed by atoms with Crippen LogP contribution < -0.4 is 5.32 Å². The smallest absolute Gasteiger partial charge is 0.242 e. The Hall–Kier alpha value is -1.11. The highest BCUT2D eigenvalue weighted by Gasteiger charge is 2.19. The van der Waals surface area contributed by atoms with Gasteiger partial charge in [0.15, 0.2) is 0 Å². The zero-order chi connectivity index (χ0) is 14.8. The number of anilines is 1. The van der Waals surface area contributed by atoms with Gasteiger partial charge in [0.1, 0.15) is 5.38 Å². The number of aryl methyl sites for hydroxylation is 1. The van der Waals surface area contributed by atoms with E-state index in [2.05, 4.69) is 5.32 Å². The number of sulfonamides is 1. The predicted molar refractivity (Wildman–Crippen MR) is 76.0 cm³/mol. The Kier molecular flexibility index (Phi) is 4.95. The van der Waals surface area contributed by atoms with Crippen LogP contribution >= 0.6 is 11.6 Å². The minimum Gasteiger partial charge on any atom is -0.325 e. The SMILES string of the molecule is Cc1ccc(S(=O)(=O)N(C)C)cc1NC(=O)[C@H](C)Cl. The van der Waals surface area contributed by atoms with Gasteiger partial charge in [0.05, 0.1) is 4.90 Å². The largest absolute Gasteiger partial charge is 0.325 e. The van der Waals surface area contributed by atoms with E-state index in [0.717, 1.165) is 9.87 Å². The molecule has 1 aromatic carbocycles. The number of nitrogens with one attached hydrogen (secondary N) is 1. The number of halogens is 1. The van der Waals surface area contributed by atoms with Gasteiger partial charge in [0.25, 0.3) is 0 Å². The van der Waals surface area contributed by atoms with Crippen LogP contribution in [0.1, 0.15) is 12.5 Å². The van der Waals surface area contributed by atoms with E-state index < -0.39 is 15.4 Å². The highest BCUT2D eigenvalue weighted by Crippen LogP contribution is 2.22. The second-order valence-electron chi connectivity index (χ2n) is 4.37. The molecule has 0 heterocycles. The Labute approximate surface area is 118 Å². The fraction of sp³-hybridized carbons (Fsp3) is 0.417. The number of hydrogen-bond acceptors (Lipinski definition) is 3. The van der Waals surface area contributed by atoms with E-state index in [-0.39, 0.29) is 10.8 Å². The Bertz CT molecular complexity index is 583. The average Bonchev–Trinajstić information content (AvgIpc) is 2.31. The van der Waals surface area contributed by atoms with Crippen molar-refractivity contribution in [3.05, 3.63) is 23.8 Å². The molecule has 1 rings (SSSR count). The molecule has 0 aliphatic carbocycles. The summed E-state index contributed by atoms with van der Waals surface area (Å²) in [4.78, 5) is 11.7. The van der Waals surface area contributed by atoms with Crippen molar-refractivity contribution in [2.24, 2.45) is 0 Å². The molecule has 0 aliphatic rings. The molecule has 1 atom stereocenters. The second kappa shape index (κ2) is 5.90. The first kappa shape index (κ1) is 15.9. The van der Waals surface area contributed by atoms with Gasteiger partial charge in [-0.3, -0.25) is 4.79 Å². The van der Waals surface area contributed by atoms with Gasteiger partial charge in [0.2, 0.25) is 15.9 Å². The fourth-order valence-corrected chi connectivity index (χ4v) is 2.32.